The molecule has 0 fully saturated rings. The van der Waals surface area contributed by atoms with Crippen molar-refractivity contribution >= 4 is 28.7 Å². The SMILES string of the molecule is Br.C#CCN1CSC(C)=C1C. The van der Waals surface area contributed by atoms with Crippen LogP contribution in [0.25, 0.3) is 0 Å². The first-order chi connectivity index (χ1) is 4.75. The van der Waals surface area contributed by atoms with Crippen LogP contribution in [-0.2, 0) is 0 Å². The molecule has 1 rings (SSSR count). The zero-order valence-electron chi connectivity index (χ0n) is 6.76. The maximum absolute atomic E-state index is 5.19. The van der Waals surface area contributed by atoms with E-state index in [0.717, 1.165) is 12.4 Å². The number of allylic oxidation sites excluding steroid dienone is 2. The zero-order chi connectivity index (χ0) is 7.56. The Kier molecular flexibility index (Phi) is 4.71. The summed E-state index contributed by atoms with van der Waals surface area (Å²) in [4.78, 5) is 3.61. The van der Waals surface area contributed by atoms with Gasteiger partial charge in [-0.15, -0.1) is 35.2 Å². The first kappa shape index (κ1) is 10.9. The summed E-state index contributed by atoms with van der Waals surface area (Å²) in [5.41, 5.74) is 1.34. The summed E-state index contributed by atoms with van der Waals surface area (Å²) in [5, 5.41) is 0. The molecule has 62 valence electrons. The summed E-state index contributed by atoms with van der Waals surface area (Å²) in [5.74, 6) is 3.67. The molecule has 0 aromatic heterocycles. The molecule has 0 aromatic rings. The molecule has 0 spiro atoms. The molecular weight excluding hydrogens is 222 g/mol. The van der Waals surface area contributed by atoms with Gasteiger partial charge >= 0.3 is 0 Å². The van der Waals surface area contributed by atoms with Gasteiger partial charge in [-0.2, -0.15) is 0 Å². The van der Waals surface area contributed by atoms with E-state index in [9.17, 15) is 0 Å². The highest BCUT2D eigenvalue weighted by molar-refractivity contribution is 8.93. The van der Waals surface area contributed by atoms with Gasteiger partial charge in [-0.05, 0) is 13.8 Å². The first-order valence-corrected chi connectivity index (χ1v) is 4.23. The van der Waals surface area contributed by atoms with E-state index in [4.69, 9.17) is 6.42 Å². The summed E-state index contributed by atoms with van der Waals surface area (Å²) in [6.07, 6.45) is 5.19. The van der Waals surface area contributed by atoms with Gasteiger partial charge in [-0.3, -0.25) is 0 Å². The molecule has 1 heterocycles. The van der Waals surface area contributed by atoms with Crippen molar-refractivity contribution in [3.8, 4) is 12.3 Å². The van der Waals surface area contributed by atoms with Gasteiger partial charge in [0, 0.05) is 10.6 Å². The number of halogens is 1. The third-order valence-electron chi connectivity index (χ3n) is 1.70. The highest BCUT2D eigenvalue weighted by Crippen LogP contribution is 2.30. The van der Waals surface area contributed by atoms with E-state index in [1.807, 2.05) is 11.8 Å². The van der Waals surface area contributed by atoms with E-state index in [2.05, 4.69) is 24.7 Å². The van der Waals surface area contributed by atoms with Crippen molar-refractivity contribution in [1.82, 2.24) is 4.90 Å². The minimum Gasteiger partial charge on any atom is -0.354 e. The van der Waals surface area contributed by atoms with E-state index in [1.165, 1.54) is 10.6 Å². The molecule has 0 aromatic carbocycles. The van der Waals surface area contributed by atoms with Gasteiger partial charge in [0.05, 0.1) is 12.4 Å². The summed E-state index contributed by atoms with van der Waals surface area (Å²) < 4.78 is 0. The molecule has 0 saturated carbocycles. The van der Waals surface area contributed by atoms with Crippen molar-refractivity contribution in [2.45, 2.75) is 13.8 Å². The smallest absolute Gasteiger partial charge is 0.0797 e. The van der Waals surface area contributed by atoms with Crippen molar-refractivity contribution in [1.29, 1.82) is 0 Å². The molecule has 0 radical (unpaired) electrons. The van der Waals surface area contributed by atoms with Gasteiger partial charge in [-0.1, -0.05) is 5.92 Å². The van der Waals surface area contributed by atoms with Crippen LogP contribution in [0.2, 0.25) is 0 Å². The normalized spacial score (nSPS) is 16.3. The van der Waals surface area contributed by atoms with Crippen molar-refractivity contribution in [3.05, 3.63) is 10.6 Å². The lowest BCUT2D eigenvalue weighted by molar-refractivity contribution is 0.462. The quantitative estimate of drug-likeness (QED) is 0.641. The fourth-order valence-electron chi connectivity index (χ4n) is 0.873. The summed E-state index contributed by atoms with van der Waals surface area (Å²) in [7, 11) is 0. The van der Waals surface area contributed by atoms with Gasteiger partial charge in [0.1, 0.15) is 0 Å². The molecule has 3 heteroatoms. The Balaban J connectivity index is 0.000001000. The molecule has 1 nitrogen and oxygen atoms in total. The van der Waals surface area contributed by atoms with E-state index in [-0.39, 0.29) is 17.0 Å². The van der Waals surface area contributed by atoms with Gasteiger partial charge in [-0.25, -0.2) is 0 Å². The van der Waals surface area contributed by atoms with Crippen LogP contribution in [0.4, 0.5) is 0 Å². The minimum atomic E-state index is 0. The summed E-state index contributed by atoms with van der Waals surface area (Å²) in [6.45, 7) is 5.00. The van der Waals surface area contributed by atoms with E-state index >= 15 is 0 Å². The van der Waals surface area contributed by atoms with Crippen LogP contribution in [0.15, 0.2) is 10.6 Å². The third kappa shape index (κ3) is 2.46. The molecule has 1 aliphatic heterocycles. The van der Waals surface area contributed by atoms with E-state index < -0.39 is 0 Å². The average Bonchev–Trinajstić information content (AvgIpc) is 2.20. The molecule has 11 heavy (non-hydrogen) atoms. The average molecular weight is 234 g/mol. The standard InChI is InChI=1S/C8H11NS.BrH/c1-4-5-9-6-10-8(3)7(9)2;/h1H,5-6H2,2-3H3;1H. The van der Waals surface area contributed by atoms with Crippen LogP contribution >= 0.6 is 28.7 Å². The Morgan fingerprint density at radius 3 is 2.64 bits per heavy atom. The van der Waals surface area contributed by atoms with Crippen molar-refractivity contribution in [3.63, 3.8) is 0 Å². The van der Waals surface area contributed by atoms with Gasteiger partial charge in [0.25, 0.3) is 0 Å². The predicted octanol–water partition coefficient (Wildman–Crippen LogP) is 2.46. The van der Waals surface area contributed by atoms with Crippen molar-refractivity contribution in [2.24, 2.45) is 0 Å². The van der Waals surface area contributed by atoms with Gasteiger partial charge in [0.15, 0.2) is 0 Å². The lowest BCUT2D eigenvalue weighted by Gasteiger charge is -2.14. The number of nitrogens with zero attached hydrogens (tertiary/aromatic N) is 1. The molecule has 0 N–H and O–H groups in total. The minimum absolute atomic E-state index is 0. The number of terminal acetylenes is 1. The predicted molar refractivity (Wildman–Crippen MR) is 56.7 cm³/mol. The van der Waals surface area contributed by atoms with E-state index in [0.29, 0.717) is 0 Å². The Hall–Kier alpha value is -0.0700. The molecule has 1 aliphatic rings. The van der Waals surface area contributed by atoms with Crippen LogP contribution in [0, 0.1) is 12.3 Å². The highest BCUT2D eigenvalue weighted by Gasteiger charge is 2.14. The molecular formula is C8H12BrNS. The monoisotopic (exact) mass is 233 g/mol. The molecule has 0 saturated heterocycles. The second-order valence-corrected chi connectivity index (χ2v) is 3.48. The molecule has 0 bridgehead atoms. The number of hydrogen-bond acceptors (Lipinski definition) is 2. The van der Waals surface area contributed by atoms with Crippen molar-refractivity contribution < 1.29 is 0 Å². The fourth-order valence-corrected chi connectivity index (χ4v) is 1.85. The van der Waals surface area contributed by atoms with Gasteiger partial charge in [0.2, 0.25) is 0 Å². The van der Waals surface area contributed by atoms with Crippen molar-refractivity contribution in [2.75, 3.05) is 12.4 Å². The topological polar surface area (TPSA) is 3.24 Å². The Labute approximate surface area is 83.0 Å². The van der Waals surface area contributed by atoms with Crippen LogP contribution in [-0.4, -0.2) is 17.3 Å². The zero-order valence-corrected chi connectivity index (χ0v) is 9.28. The third-order valence-corrected chi connectivity index (χ3v) is 2.87. The van der Waals surface area contributed by atoms with Crippen LogP contribution in [0.1, 0.15) is 13.8 Å². The fraction of sp³-hybridized carbons (Fsp3) is 0.500. The highest BCUT2D eigenvalue weighted by atomic mass is 79.9. The summed E-state index contributed by atoms with van der Waals surface area (Å²) in [6, 6.07) is 0. The Morgan fingerprint density at radius 2 is 2.27 bits per heavy atom. The van der Waals surface area contributed by atoms with Crippen LogP contribution in [0.5, 0.6) is 0 Å². The lowest BCUT2D eigenvalue weighted by atomic mass is 10.4. The van der Waals surface area contributed by atoms with Crippen LogP contribution in [0.3, 0.4) is 0 Å². The molecule has 0 atom stereocenters. The second kappa shape index (κ2) is 4.74. The largest absolute Gasteiger partial charge is 0.354 e. The molecule has 0 aliphatic carbocycles. The number of hydrogen-bond donors (Lipinski definition) is 0. The number of thioether (sulfide) groups is 1. The summed E-state index contributed by atoms with van der Waals surface area (Å²) >= 11 is 1.86. The van der Waals surface area contributed by atoms with Gasteiger partial charge < -0.3 is 4.90 Å². The number of rotatable bonds is 1. The maximum atomic E-state index is 5.19. The first-order valence-electron chi connectivity index (χ1n) is 3.24. The van der Waals surface area contributed by atoms with Crippen LogP contribution < -0.4 is 0 Å². The second-order valence-electron chi connectivity index (χ2n) is 2.32. The Bertz CT molecular complexity index is 205. The Morgan fingerprint density at radius 1 is 1.64 bits per heavy atom. The lowest BCUT2D eigenvalue weighted by Crippen LogP contribution is -2.17. The van der Waals surface area contributed by atoms with E-state index in [1.54, 1.807) is 0 Å². The maximum Gasteiger partial charge on any atom is 0.0797 e. The molecule has 0 unspecified atom stereocenters. The molecule has 0 amide bonds.